The van der Waals surface area contributed by atoms with E-state index in [4.69, 9.17) is 10.5 Å². The number of halogens is 2. The van der Waals surface area contributed by atoms with Crippen molar-refractivity contribution in [2.24, 2.45) is 11.7 Å². The van der Waals surface area contributed by atoms with Gasteiger partial charge in [-0.2, -0.15) is 4.31 Å². The lowest BCUT2D eigenvalue weighted by atomic mass is 9.74. The van der Waals surface area contributed by atoms with Crippen LogP contribution >= 0.6 is 0 Å². The van der Waals surface area contributed by atoms with Crippen molar-refractivity contribution in [3.05, 3.63) is 65.2 Å². The summed E-state index contributed by atoms with van der Waals surface area (Å²) in [7, 11) is -3.38. The number of carbonyl (C=O) groups is 1. The highest BCUT2D eigenvalue weighted by Crippen LogP contribution is 2.38. The minimum absolute atomic E-state index is 0.0123. The monoisotopic (exact) mass is 606 g/mol. The van der Waals surface area contributed by atoms with Crippen LogP contribution in [-0.2, 0) is 26.0 Å². The molecule has 0 bridgehead atoms. The maximum atomic E-state index is 14.4. The molecule has 2 aromatic rings. The molecular weight excluding hydrogens is 562 g/mol. The lowest BCUT2D eigenvalue weighted by Crippen LogP contribution is -2.54. The number of nitrogens with two attached hydrogens (primary N) is 1. The first-order chi connectivity index (χ1) is 20.0. The van der Waals surface area contributed by atoms with Crippen LogP contribution in [0, 0.1) is 17.6 Å². The molecule has 2 fully saturated rings. The Morgan fingerprint density at radius 2 is 1.79 bits per heavy atom. The first-order valence-corrected chi connectivity index (χ1v) is 16.6. The molecule has 1 amide bonds. The SMILES string of the molecule is CCCS(=O)(=O)N1CCNC[C@@H]1CCc1ccc(F)cc1NC(=O)[C@@H](N)[C@@H](c1ccc(F)cc1)C1C[C@@H](C)O[C@@H](C)C1. The van der Waals surface area contributed by atoms with Gasteiger partial charge in [0.1, 0.15) is 11.6 Å². The molecule has 0 radical (unpaired) electrons. The Morgan fingerprint density at radius 3 is 2.45 bits per heavy atom. The highest BCUT2D eigenvalue weighted by atomic mass is 32.2. The van der Waals surface area contributed by atoms with E-state index in [-0.39, 0.29) is 35.7 Å². The molecule has 2 saturated heterocycles. The third-order valence-electron chi connectivity index (χ3n) is 8.38. The van der Waals surface area contributed by atoms with Crippen LogP contribution in [0.15, 0.2) is 42.5 Å². The van der Waals surface area contributed by atoms with Crippen molar-refractivity contribution in [2.75, 3.05) is 30.7 Å². The molecule has 1 unspecified atom stereocenters. The number of hydrogen-bond donors (Lipinski definition) is 3. The van der Waals surface area contributed by atoms with Gasteiger partial charge in [-0.25, -0.2) is 17.2 Å². The Balaban J connectivity index is 1.53. The summed E-state index contributed by atoms with van der Waals surface area (Å²) in [5.41, 5.74) is 8.43. The van der Waals surface area contributed by atoms with E-state index >= 15 is 0 Å². The van der Waals surface area contributed by atoms with Gasteiger partial charge < -0.3 is 21.1 Å². The quantitative estimate of drug-likeness (QED) is 0.354. The molecule has 6 atom stereocenters. The number of nitrogens with zero attached hydrogens (tertiary/aromatic N) is 1. The molecule has 2 heterocycles. The fraction of sp³-hybridized carbons (Fsp3) is 0.581. The highest BCUT2D eigenvalue weighted by Gasteiger charge is 2.38. The number of anilines is 1. The molecule has 8 nitrogen and oxygen atoms in total. The summed E-state index contributed by atoms with van der Waals surface area (Å²) < 4.78 is 61.4. The number of rotatable bonds is 11. The van der Waals surface area contributed by atoms with Crippen molar-refractivity contribution in [3.8, 4) is 0 Å². The van der Waals surface area contributed by atoms with Crippen LogP contribution in [-0.4, -0.2) is 68.3 Å². The van der Waals surface area contributed by atoms with Gasteiger partial charge in [0.2, 0.25) is 15.9 Å². The molecule has 4 rings (SSSR count). The van der Waals surface area contributed by atoms with E-state index in [9.17, 15) is 22.0 Å². The topological polar surface area (TPSA) is 114 Å². The standard InChI is InChI=1S/C31H44F2N4O4S/c1-4-15-42(39,40)37-14-13-35-19-27(37)12-8-22-5-11-26(33)18-28(22)36-31(38)30(34)29(23-6-9-25(32)10-7-23)24-16-20(2)41-21(3)17-24/h5-7,9-11,18,20-21,24,27,29-30,35H,4,8,12-17,19,34H2,1-3H3,(H,36,38)/t20-,21+,24?,27-,29-,30-/m0/s1. The number of nitrogens with one attached hydrogen (secondary N) is 2. The maximum absolute atomic E-state index is 14.4. The van der Waals surface area contributed by atoms with Gasteiger partial charge in [0, 0.05) is 37.3 Å². The van der Waals surface area contributed by atoms with Crippen LogP contribution in [0.4, 0.5) is 14.5 Å². The summed E-state index contributed by atoms with van der Waals surface area (Å²) >= 11 is 0. The van der Waals surface area contributed by atoms with Crippen LogP contribution in [0.25, 0.3) is 0 Å². The summed E-state index contributed by atoms with van der Waals surface area (Å²) in [6.07, 6.45) is 2.86. The molecule has 0 spiro atoms. The number of carbonyl (C=O) groups excluding carboxylic acids is 1. The second-order valence-electron chi connectivity index (χ2n) is 11.7. The Labute approximate surface area is 248 Å². The summed E-state index contributed by atoms with van der Waals surface area (Å²) in [6.45, 7) is 7.35. The first-order valence-electron chi connectivity index (χ1n) is 14.9. The molecule has 0 aliphatic carbocycles. The average molecular weight is 607 g/mol. The van der Waals surface area contributed by atoms with Gasteiger partial charge in [0.15, 0.2) is 0 Å². The molecule has 2 aliphatic heterocycles. The van der Waals surface area contributed by atoms with Crippen LogP contribution < -0.4 is 16.4 Å². The smallest absolute Gasteiger partial charge is 0.241 e. The Bertz CT molecular complexity index is 1300. The minimum atomic E-state index is -3.38. The van der Waals surface area contributed by atoms with E-state index in [1.165, 1.54) is 24.3 Å². The molecule has 11 heteroatoms. The van der Waals surface area contributed by atoms with Crippen molar-refractivity contribution >= 4 is 21.6 Å². The van der Waals surface area contributed by atoms with Crippen LogP contribution in [0.3, 0.4) is 0 Å². The van der Waals surface area contributed by atoms with Crippen molar-refractivity contribution in [3.63, 3.8) is 0 Å². The molecule has 232 valence electrons. The van der Waals surface area contributed by atoms with Gasteiger partial charge in [0.25, 0.3) is 0 Å². The summed E-state index contributed by atoms with van der Waals surface area (Å²) in [4.78, 5) is 13.7. The van der Waals surface area contributed by atoms with Crippen molar-refractivity contribution in [2.45, 2.75) is 83.1 Å². The van der Waals surface area contributed by atoms with Gasteiger partial charge in [-0.1, -0.05) is 25.1 Å². The first kappa shape index (κ1) is 32.5. The van der Waals surface area contributed by atoms with E-state index in [1.807, 2.05) is 20.8 Å². The summed E-state index contributed by atoms with van der Waals surface area (Å²) in [5, 5.41) is 6.14. The number of aryl methyl sites for hydroxylation is 1. The largest absolute Gasteiger partial charge is 0.376 e. The fourth-order valence-corrected chi connectivity index (χ4v) is 8.28. The van der Waals surface area contributed by atoms with Gasteiger partial charge in [-0.05, 0) is 87.3 Å². The zero-order chi connectivity index (χ0) is 30.4. The Hall–Kier alpha value is -2.44. The zero-order valence-electron chi connectivity index (χ0n) is 24.7. The predicted molar refractivity (Wildman–Crippen MR) is 161 cm³/mol. The van der Waals surface area contributed by atoms with Crippen LogP contribution in [0.5, 0.6) is 0 Å². The number of ether oxygens (including phenoxy) is 1. The molecule has 0 aromatic heterocycles. The van der Waals surface area contributed by atoms with E-state index in [0.29, 0.717) is 63.0 Å². The lowest BCUT2D eigenvalue weighted by molar-refractivity contribution is -0.119. The number of amides is 1. The summed E-state index contributed by atoms with van der Waals surface area (Å²) in [5.74, 6) is -1.62. The number of benzene rings is 2. The second-order valence-corrected chi connectivity index (χ2v) is 13.7. The fourth-order valence-electron chi connectivity index (χ4n) is 6.52. The number of hydrogen-bond acceptors (Lipinski definition) is 6. The van der Waals surface area contributed by atoms with E-state index in [0.717, 1.165) is 5.56 Å². The minimum Gasteiger partial charge on any atom is -0.376 e. The highest BCUT2D eigenvalue weighted by molar-refractivity contribution is 7.89. The third-order valence-corrected chi connectivity index (χ3v) is 10.5. The average Bonchev–Trinajstić information content (AvgIpc) is 2.93. The lowest BCUT2D eigenvalue weighted by Gasteiger charge is -2.39. The van der Waals surface area contributed by atoms with Gasteiger partial charge >= 0.3 is 0 Å². The molecule has 2 aliphatic rings. The Morgan fingerprint density at radius 1 is 1.12 bits per heavy atom. The third kappa shape index (κ3) is 8.13. The van der Waals surface area contributed by atoms with E-state index in [2.05, 4.69) is 10.6 Å². The van der Waals surface area contributed by atoms with Crippen LogP contribution in [0.1, 0.15) is 63.5 Å². The van der Waals surface area contributed by atoms with E-state index in [1.54, 1.807) is 22.5 Å². The van der Waals surface area contributed by atoms with Crippen molar-refractivity contribution in [1.82, 2.24) is 9.62 Å². The number of sulfonamides is 1. The summed E-state index contributed by atoms with van der Waals surface area (Å²) in [6, 6.07) is 9.08. The van der Waals surface area contributed by atoms with Crippen LogP contribution in [0.2, 0.25) is 0 Å². The van der Waals surface area contributed by atoms with Gasteiger partial charge in [-0.15, -0.1) is 0 Å². The second kappa shape index (κ2) is 14.4. The van der Waals surface area contributed by atoms with Gasteiger partial charge in [-0.3, -0.25) is 4.79 Å². The zero-order valence-corrected chi connectivity index (χ0v) is 25.5. The van der Waals surface area contributed by atoms with Gasteiger partial charge in [0.05, 0.1) is 24.0 Å². The molecular formula is C31H44F2N4O4S. The predicted octanol–water partition coefficient (Wildman–Crippen LogP) is 4.16. The molecule has 4 N–H and O–H groups in total. The van der Waals surface area contributed by atoms with E-state index < -0.39 is 33.7 Å². The number of piperazine rings is 1. The molecule has 2 aromatic carbocycles. The Kier molecular flexibility index (Phi) is 11.1. The van der Waals surface area contributed by atoms with Crippen molar-refractivity contribution in [1.29, 1.82) is 0 Å². The molecule has 0 saturated carbocycles. The van der Waals surface area contributed by atoms with Crippen molar-refractivity contribution < 1.29 is 26.7 Å². The maximum Gasteiger partial charge on any atom is 0.241 e. The normalized spacial score (nSPS) is 25.1. The molecule has 42 heavy (non-hydrogen) atoms.